The number of hydrogen-bond acceptors (Lipinski definition) is 5. The number of thioether (sulfide) groups is 1. The summed E-state index contributed by atoms with van der Waals surface area (Å²) in [6.07, 6.45) is 0. The normalized spacial score (nSPS) is 17.3. The smallest absolute Gasteiger partial charge is 0.289 e. The highest BCUT2D eigenvalue weighted by Crippen LogP contribution is 2.24. The lowest BCUT2D eigenvalue weighted by atomic mass is 10.2. The van der Waals surface area contributed by atoms with Crippen LogP contribution < -0.4 is 0 Å². The first-order valence-electron chi connectivity index (χ1n) is 9.41. The van der Waals surface area contributed by atoms with Crippen LogP contribution in [0.5, 0.6) is 0 Å². The Labute approximate surface area is 186 Å². The van der Waals surface area contributed by atoms with Gasteiger partial charge in [0.1, 0.15) is 0 Å². The van der Waals surface area contributed by atoms with Crippen molar-refractivity contribution in [1.82, 2.24) is 14.7 Å². The van der Waals surface area contributed by atoms with Gasteiger partial charge in [-0.2, -0.15) is 11.8 Å². The van der Waals surface area contributed by atoms with E-state index >= 15 is 0 Å². The van der Waals surface area contributed by atoms with E-state index in [0.29, 0.717) is 16.6 Å². The van der Waals surface area contributed by atoms with Crippen LogP contribution in [-0.4, -0.2) is 83.4 Å². The zero-order valence-electron chi connectivity index (χ0n) is 17.0. The van der Waals surface area contributed by atoms with Gasteiger partial charge in [-0.25, -0.2) is 0 Å². The van der Waals surface area contributed by atoms with Gasteiger partial charge in [0.2, 0.25) is 0 Å². The summed E-state index contributed by atoms with van der Waals surface area (Å²) in [5.41, 5.74) is 0.906. The Hall–Kier alpha value is -1.41. The lowest BCUT2D eigenvalue weighted by Crippen LogP contribution is -2.31. The van der Waals surface area contributed by atoms with Crippen LogP contribution in [-0.2, 0) is 16.1 Å². The van der Waals surface area contributed by atoms with Crippen molar-refractivity contribution in [2.75, 3.05) is 51.8 Å². The molecule has 2 heterocycles. The molecule has 1 aromatic carbocycles. The predicted octanol–water partition coefficient (Wildman–Crippen LogP) is 3.29. The van der Waals surface area contributed by atoms with Crippen molar-refractivity contribution in [1.29, 1.82) is 0 Å². The van der Waals surface area contributed by atoms with E-state index in [4.69, 9.17) is 23.2 Å². The lowest BCUT2D eigenvalue weighted by molar-refractivity contribution is -0.127. The third-order valence-corrected chi connectivity index (χ3v) is 6.47. The molecule has 2 aliphatic heterocycles. The number of benzene rings is 1. The van der Waals surface area contributed by atoms with Gasteiger partial charge >= 0.3 is 0 Å². The Morgan fingerprint density at radius 2 is 1.90 bits per heavy atom. The van der Waals surface area contributed by atoms with Crippen molar-refractivity contribution in [2.45, 2.75) is 13.5 Å². The van der Waals surface area contributed by atoms with Gasteiger partial charge in [-0.3, -0.25) is 9.59 Å². The molecule has 1 aromatic rings. The first kappa shape index (κ1) is 23.9. The molecule has 0 aliphatic carbocycles. The average molecular weight is 460 g/mol. The molecule has 3 rings (SSSR count). The van der Waals surface area contributed by atoms with Crippen molar-refractivity contribution in [3.8, 4) is 0 Å². The van der Waals surface area contributed by atoms with Crippen LogP contribution in [0.3, 0.4) is 0 Å². The molecule has 6 nitrogen and oxygen atoms in total. The highest BCUT2D eigenvalue weighted by molar-refractivity contribution is 7.99. The summed E-state index contributed by atoms with van der Waals surface area (Å²) in [7, 11) is 3.12. The number of likely N-dealkylation sites (N-methyl/N-ethyl adjacent to an activating group) is 2. The maximum absolute atomic E-state index is 12.3. The number of aliphatic hydroxyl groups is 1. The van der Waals surface area contributed by atoms with E-state index in [1.165, 1.54) is 48.0 Å². The summed E-state index contributed by atoms with van der Waals surface area (Å²) < 4.78 is 0. The zero-order chi connectivity index (χ0) is 21.6. The molecule has 0 unspecified atom stereocenters. The molecule has 9 heteroatoms. The predicted molar refractivity (Wildman–Crippen MR) is 120 cm³/mol. The van der Waals surface area contributed by atoms with E-state index in [0.717, 1.165) is 5.56 Å². The van der Waals surface area contributed by atoms with Gasteiger partial charge < -0.3 is 19.8 Å². The number of amides is 2. The average Bonchev–Trinajstić information content (AvgIpc) is 2.98. The quantitative estimate of drug-likeness (QED) is 0.747. The SMILES string of the molecule is CCN1CCSCC1.CN1CC(C(=O)N(C)Cc2ccc(Cl)c(Cl)c2)=C(O)C1=O. The maximum Gasteiger partial charge on any atom is 0.289 e. The summed E-state index contributed by atoms with van der Waals surface area (Å²) in [4.78, 5) is 29.0. The van der Waals surface area contributed by atoms with Crippen molar-refractivity contribution >= 4 is 46.8 Å². The molecule has 0 saturated carbocycles. The Morgan fingerprint density at radius 3 is 2.38 bits per heavy atom. The molecule has 1 N–H and O–H groups in total. The number of nitrogens with zero attached hydrogens (tertiary/aromatic N) is 3. The van der Waals surface area contributed by atoms with Crippen LogP contribution in [0.2, 0.25) is 10.0 Å². The fourth-order valence-corrected chi connectivity index (χ4v) is 4.29. The van der Waals surface area contributed by atoms with E-state index in [1.54, 1.807) is 25.2 Å². The van der Waals surface area contributed by atoms with Crippen molar-refractivity contribution in [3.63, 3.8) is 0 Å². The summed E-state index contributed by atoms with van der Waals surface area (Å²) in [5.74, 6) is 1.27. The Kier molecular flexibility index (Phi) is 9.14. The topological polar surface area (TPSA) is 64.1 Å². The van der Waals surface area contributed by atoms with Gasteiger partial charge in [-0.15, -0.1) is 0 Å². The van der Waals surface area contributed by atoms with E-state index < -0.39 is 17.6 Å². The molecule has 2 amide bonds. The Morgan fingerprint density at radius 1 is 1.24 bits per heavy atom. The Bertz CT molecular complexity index is 782. The van der Waals surface area contributed by atoms with Gasteiger partial charge in [0.05, 0.1) is 22.2 Å². The van der Waals surface area contributed by atoms with Crippen molar-refractivity contribution in [2.24, 2.45) is 0 Å². The molecule has 29 heavy (non-hydrogen) atoms. The molecule has 0 bridgehead atoms. The third kappa shape index (κ3) is 6.54. The molecule has 1 fully saturated rings. The molecule has 1 saturated heterocycles. The van der Waals surface area contributed by atoms with Crippen LogP contribution in [0, 0.1) is 0 Å². The zero-order valence-corrected chi connectivity index (χ0v) is 19.3. The minimum Gasteiger partial charge on any atom is -0.503 e. The van der Waals surface area contributed by atoms with Crippen molar-refractivity contribution < 1.29 is 14.7 Å². The molecular weight excluding hydrogens is 433 g/mol. The summed E-state index contributed by atoms with van der Waals surface area (Å²) in [5, 5.41) is 10.5. The fourth-order valence-electron chi connectivity index (χ4n) is 2.99. The van der Waals surface area contributed by atoms with Gasteiger partial charge in [0.15, 0.2) is 5.76 Å². The molecule has 0 spiro atoms. The number of rotatable bonds is 4. The van der Waals surface area contributed by atoms with Crippen LogP contribution in [0.1, 0.15) is 12.5 Å². The minimum absolute atomic E-state index is 0.102. The van der Waals surface area contributed by atoms with Gasteiger partial charge in [-0.1, -0.05) is 36.2 Å². The van der Waals surface area contributed by atoms with Gasteiger partial charge in [0, 0.05) is 45.2 Å². The van der Waals surface area contributed by atoms with Crippen molar-refractivity contribution in [3.05, 3.63) is 45.1 Å². The van der Waals surface area contributed by atoms with E-state index in [1.807, 2.05) is 0 Å². The monoisotopic (exact) mass is 459 g/mol. The lowest BCUT2D eigenvalue weighted by Gasteiger charge is -2.23. The summed E-state index contributed by atoms with van der Waals surface area (Å²) >= 11 is 13.8. The highest BCUT2D eigenvalue weighted by atomic mass is 35.5. The molecule has 160 valence electrons. The van der Waals surface area contributed by atoms with Gasteiger partial charge in [0.25, 0.3) is 11.8 Å². The summed E-state index contributed by atoms with van der Waals surface area (Å²) in [6, 6.07) is 5.09. The largest absolute Gasteiger partial charge is 0.503 e. The number of halogens is 2. The molecule has 0 atom stereocenters. The number of aliphatic hydroxyl groups excluding tert-OH is 1. The van der Waals surface area contributed by atoms with E-state index in [2.05, 4.69) is 23.6 Å². The maximum atomic E-state index is 12.3. The first-order valence-corrected chi connectivity index (χ1v) is 11.3. The fraction of sp³-hybridized carbons (Fsp3) is 0.500. The van der Waals surface area contributed by atoms with Crippen LogP contribution in [0.4, 0.5) is 0 Å². The van der Waals surface area contributed by atoms with Crippen LogP contribution in [0.15, 0.2) is 29.5 Å². The second-order valence-corrected chi connectivity index (χ2v) is 8.98. The second kappa shape index (κ2) is 11.1. The van der Waals surface area contributed by atoms with Crippen LogP contribution in [0.25, 0.3) is 0 Å². The van der Waals surface area contributed by atoms with Crippen LogP contribution >= 0.6 is 35.0 Å². The van der Waals surface area contributed by atoms with E-state index in [-0.39, 0.29) is 12.1 Å². The molecular formula is C20H27Cl2N3O3S. The molecule has 0 aromatic heterocycles. The van der Waals surface area contributed by atoms with Gasteiger partial charge in [-0.05, 0) is 24.2 Å². The number of hydrogen-bond donors (Lipinski definition) is 1. The first-order chi connectivity index (χ1) is 13.7. The standard InChI is InChI=1S/C14H14Cl2N2O3.C6H13NS/c1-17(6-8-3-4-10(15)11(16)5-8)13(20)9-7-18(2)14(21)12(9)19;1-2-7-3-5-8-6-4-7/h3-5,19H,6-7H2,1-2H3;2-6H2,1H3. The molecule has 0 radical (unpaired) electrons. The Balaban J connectivity index is 0.000000313. The third-order valence-electron chi connectivity index (χ3n) is 4.79. The highest BCUT2D eigenvalue weighted by Gasteiger charge is 2.33. The number of carbonyl (C=O) groups is 2. The summed E-state index contributed by atoms with van der Waals surface area (Å²) in [6.45, 7) is 6.48. The number of carbonyl (C=O) groups excluding carboxylic acids is 2. The second-order valence-electron chi connectivity index (χ2n) is 6.94. The van der Waals surface area contributed by atoms with E-state index in [9.17, 15) is 14.7 Å². The minimum atomic E-state index is -0.540. The molecule has 2 aliphatic rings.